The number of hydrogen-bond acceptors (Lipinski definition) is 0. The molecular weight excluding hydrogens is 163 g/mol. The van der Waals surface area contributed by atoms with Gasteiger partial charge in [-0.2, -0.15) is 0 Å². The molecule has 0 bridgehead atoms. The van der Waals surface area contributed by atoms with Gasteiger partial charge in [-0.25, -0.2) is 0 Å². The van der Waals surface area contributed by atoms with Gasteiger partial charge in [-0.3, -0.25) is 0 Å². The van der Waals surface area contributed by atoms with Gasteiger partial charge in [0.1, 0.15) is 0 Å². The van der Waals surface area contributed by atoms with Crippen LogP contribution in [0.15, 0.2) is 34.3 Å². The first kappa shape index (κ1) is 4.60. The van der Waals surface area contributed by atoms with Crippen molar-refractivity contribution in [2.24, 2.45) is 0 Å². The molecule has 0 amide bonds. The van der Waals surface area contributed by atoms with Crippen molar-refractivity contribution in [2.45, 2.75) is 5.32 Å². The van der Waals surface area contributed by atoms with E-state index in [0.29, 0.717) is 0 Å². The molecule has 0 aromatic rings. The summed E-state index contributed by atoms with van der Waals surface area (Å²) in [7, 11) is 0. The second kappa shape index (κ2) is 1.61. The van der Waals surface area contributed by atoms with E-state index in [2.05, 4.69) is 23.2 Å². The Labute approximate surface area is 55.1 Å². The van der Waals surface area contributed by atoms with Gasteiger partial charge >= 0.3 is 54.6 Å². The van der Waals surface area contributed by atoms with E-state index in [1.807, 2.05) is 0 Å². The molecule has 0 fully saturated rings. The van der Waals surface area contributed by atoms with Gasteiger partial charge < -0.3 is 0 Å². The van der Waals surface area contributed by atoms with Gasteiger partial charge in [0.25, 0.3) is 0 Å². The molecule has 8 heavy (non-hydrogen) atoms. The van der Waals surface area contributed by atoms with Crippen molar-refractivity contribution in [1.29, 1.82) is 0 Å². The Morgan fingerprint density at radius 1 is 1.50 bits per heavy atom. The van der Waals surface area contributed by atoms with Crippen LogP contribution in [-0.2, 0) is 0 Å². The Hall–Kier alpha value is -0.261. The van der Waals surface area contributed by atoms with E-state index in [9.17, 15) is 0 Å². The summed E-state index contributed by atoms with van der Waals surface area (Å²) in [5, 5.41) is 1.33. The number of rotatable bonds is 0. The number of allylic oxidation sites excluding steroid dienone is 5. The van der Waals surface area contributed by atoms with Crippen molar-refractivity contribution in [3.63, 3.8) is 0 Å². The van der Waals surface area contributed by atoms with Crippen molar-refractivity contribution in [3.05, 3.63) is 34.3 Å². The van der Waals surface area contributed by atoms with E-state index in [1.165, 1.54) is 10.9 Å². The summed E-state index contributed by atoms with van der Waals surface area (Å²) in [4.78, 5) is 2.36. The molecule has 0 aromatic carbocycles. The van der Waals surface area contributed by atoms with Crippen LogP contribution < -0.4 is 0 Å². The molecule has 2 aliphatic rings. The van der Waals surface area contributed by atoms with Crippen LogP contribution in [0.4, 0.5) is 0 Å². The van der Waals surface area contributed by atoms with Gasteiger partial charge in [0, 0.05) is 0 Å². The fourth-order valence-corrected chi connectivity index (χ4v) is 2.90. The summed E-state index contributed by atoms with van der Waals surface area (Å²) in [6, 6.07) is 0. The molecule has 0 atom stereocenters. The second-order valence-electron chi connectivity index (χ2n) is 1.94. The predicted molar refractivity (Wildman–Crippen MR) is 35.9 cm³/mol. The fourth-order valence-electron chi connectivity index (χ4n) is 0.939. The van der Waals surface area contributed by atoms with E-state index in [0.717, 1.165) is 15.0 Å². The molecule has 1 heteroatoms. The molecule has 2 rings (SSSR count). The van der Waals surface area contributed by atoms with E-state index in [-0.39, 0.29) is 0 Å². The standard InChI is InChI=1S/C7H6Se/c1-2-6-4-8-5-7(6)3-1/h1-4H,5H2. The molecule has 0 saturated heterocycles. The molecule has 1 heterocycles. The summed E-state index contributed by atoms with van der Waals surface area (Å²) in [5.74, 6) is 0. The van der Waals surface area contributed by atoms with Gasteiger partial charge in [0.2, 0.25) is 0 Å². The Morgan fingerprint density at radius 3 is 3.38 bits per heavy atom. The van der Waals surface area contributed by atoms with Crippen molar-refractivity contribution in [3.8, 4) is 0 Å². The number of hydrogen-bond donors (Lipinski definition) is 0. The molecule has 0 unspecified atom stereocenters. The first-order chi connectivity index (χ1) is 3.97. The summed E-state index contributed by atoms with van der Waals surface area (Å²) in [5.41, 5.74) is 3.05. The Balaban J connectivity index is 2.49. The van der Waals surface area contributed by atoms with E-state index < -0.39 is 0 Å². The molecule has 0 N–H and O–H groups in total. The summed E-state index contributed by atoms with van der Waals surface area (Å²) in [6.07, 6.45) is 6.56. The van der Waals surface area contributed by atoms with Crippen LogP contribution in [0.3, 0.4) is 0 Å². The normalized spacial score (nSPS) is 23.0. The zero-order valence-electron chi connectivity index (χ0n) is 4.42. The first-order valence-corrected chi connectivity index (χ1v) is 4.86. The molecular formula is C7H6Se. The minimum absolute atomic E-state index is 0.784. The number of fused-ring (bicyclic) bond motifs is 1. The summed E-state index contributed by atoms with van der Waals surface area (Å²) >= 11 is 0.784. The molecule has 0 spiro atoms. The van der Waals surface area contributed by atoms with Crippen LogP contribution in [0.1, 0.15) is 0 Å². The fraction of sp³-hybridized carbons (Fsp3) is 0.143. The summed E-state index contributed by atoms with van der Waals surface area (Å²) in [6.45, 7) is 0. The first-order valence-electron chi connectivity index (χ1n) is 2.66. The molecule has 0 saturated carbocycles. The molecule has 1 aliphatic carbocycles. The molecule has 0 aromatic heterocycles. The van der Waals surface area contributed by atoms with Gasteiger partial charge in [-0.1, -0.05) is 0 Å². The second-order valence-corrected chi connectivity index (χ2v) is 3.73. The minimum atomic E-state index is 0.784. The summed E-state index contributed by atoms with van der Waals surface area (Å²) < 4.78 is 0. The van der Waals surface area contributed by atoms with Crippen LogP contribution in [0.5, 0.6) is 0 Å². The third-order valence-electron chi connectivity index (χ3n) is 1.39. The van der Waals surface area contributed by atoms with Crippen LogP contribution in [0, 0.1) is 0 Å². The van der Waals surface area contributed by atoms with Gasteiger partial charge in [0.05, 0.1) is 0 Å². The maximum atomic E-state index is 2.36. The van der Waals surface area contributed by atoms with Crippen molar-refractivity contribution < 1.29 is 0 Å². The Kier molecular flexibility index (Phi) is 0.927. The van der Waals surface area contributed by atoms with Crippen molar-refractivity contribution in [1.82, 2.24) is 0 Å². The van der Waals surface area contributed by atoms with Gasteiger partial charge in [-0.15, -0.1) is 0 Å². The van der Waals surface area contributed by atoms with Crippen LogP contribution in [-0.4, -0.2) is 15.0 Å². The molecule has 0 radical (unpaired) electrons. The van der Waals surface area contributed by atoms with E-state index >= 15 is 0 Å². The Bertz CT molecular complexity index is 196. The SMILES string of the molecule is C1=CC2=C[Se]CC2=C1. The monoisotopic (exact) mass is 170 g/mol. The van der Waals surface area contributed by atoms with Crippen molar-refractivity contribution >= 4 is 15.0 Å². The average Bonchev–Trinajstić information content (AvgIpc) is 2.15. The zero-order valence-corrected chi connectivity index (χ0v) is 6.14. The third-order valence-corrected chi connectivity index (χ3v) is 3.28. The topological polar surface area (TPSA) is 0 Å². The van der Waals surface area contributed by atoms with E-state index in [4.69, 9.17) is 0 Å². The average molecular weight is 169 g/mol. The predicted octanol–water partition coefficient (Wildman–Crippen LogP) is 1.50. The molecule has 1 aliphatic heterocycles. The quantitative estimate of drug-likeness (QED) is 0.482. The van der Waals surface area contributed by atoms with Crippen LogP contribution in [0.25, 0.3) is 0 Å². The Morgan fingerprint density at radius 2 is 2.50 bits per heavy atom. The molecule has 0 nitrogen and oxygen atoms in total. The van der Waals surface area contributed by atoms with Gasteiger partial charge in [0.15, 0.2) is 0 Å². The zero-order chi connectivity index (χ0) is 5.40. The van der Waals surface area contributed by atoms with E-state index in [1.54, 1.807) is 5.57 Å². The maximum absolute atomic E-state index is 2.36. The van der Waals surface area contributed by atoms with Crippen LogP contribution >= 0.6 is 0 Å². The van der Waals surface area contributed by atoms with Crippen LogP contribution in [0.2, 0.25) is 5.32 Å². The van der Waals surface area contributed by atoms with Crippen molar-refractivity contribution in [2.75, 3.05) is 0 Å². The third kappa shape index (κ3) is 0.520. The van der Waals surface area contributed by atoms with Gasteiger partial charge in [-0.05, 0) is 0 Å². The molecule has 40 valence electrons.